The van der Waals surface area contributed by atoms with E-state index in [-0.39, 0.29) is 6.71 Å². The van der Waals surface area contributed by atoms with Crippen LogP contribution in [0.15, 0.2) is 322 Å². The fourth-order valence-electron chi connectivity index (χ4n) is 14.6. The minimum absolute atomic E-state index is 0.0628. The normalized spacial score (nSPS) is 12.4. The van der Waals surface area contributed by atoms with E-state index in [1.54, 1.807) is 0 Å². The molecule has 10 heteroatoms. The van der Waals surface area contributed by atoms with Crippen molar-refractivity contribution in [2.24, 2.45) is 0 Å². The number of fused-ring (bicyclic) bond motifs is 11. The molecule has 13 aromatic carbocycles. The molecule has 17 aromatic rings. The Morgan fingerprint density at radius 1 is 0.284 bits per heavy atom. The van der Waals surface area contributed by atoms with E-state index < -0.39 is 0 Å². The van der Waals surface area contributed by atoms with Crippen molar-refractivity contribution in [2.45, 2.75) is 0 Å². The van der Waals surface area contributed by atoms with Gasteiger partial charge in [-0.3, -0.25) is 0 Å². The molecule has 0 amide bonds. The molecule has 0 atom stereocenters. The lowest BCUT2D eigenvalue weighted by Gasteiger charge is -2.44. The van der Waals surface area contributed by atoms with Gasteiger partial charge in [-0.15, -0.1) is 11.3 Å². The molecule has 0 unspecified atom stereocenters. The highest BCUT2D eigenvalue weighted by Gasteiger charge is 2.43. The van der Waals surface area contributed by atoms with Gasteiger partial charge in [0.15, 0.2) is 23.3 Å². The monoisotopic (exact) mass is 1230 g/mol. The summed E-state index contributed by atoms with van der Waals surface area (Å²) in [6.07, 6.45) is 0. The van der Waals surface area contributed by atoms with Crippen molar-refractivity contribution in [2.75, 3.05) is 9.80 Å². The van der Waals surface area contributed by atoms with Crippen molar-refractivity contribution < 1.29 is 0 Å². The van der Waals surface area contributed by atoms with Crippen molar-refractivity contribution in [1.82, 2.24) is 29.5 Å². The number of benzene rings is 13. The maximum atomic E-state index is 5.61. The zero-order valence-corrected chi connectivity index (χ0v) is 52.0. The molecular formula is C85H53BN8S. The van der Waals surface area contributed by atoms with Gasteiger partial charge in [0.25, 0.3) is 6.71 Å². The van der Waals surface area contributed by atoms with E-state index >= 15 is 0 Å². The average Bonchev–Trinajstić information content (AvgIpc) is 1.71. The molecule has 0 aliphatic carbocycles. The average molecular weight is 1230 g/mol. The molecule has 0 bridgehead atoms. The first-order valence-electron chi connectivity index (χ1n) is 32.1. The van der Waals surface area contributed by atoms with Crippen LogP contribution in [0.25, 0.3) is 127 Å². The second-order valence-corrected chi connectivity index (χ2v) is 25.3. The highest BCUT2D eigenvalue weighted by molar-refractivity contribution is 7.26. The predicted octanol–water partition coefficient (Wildman–Crippen LogP) is 19.9. The molecule has 0 fully saturated rings. The van der Waals surface area contributed by atoms with Gasteiger partial charge in [-0.25, -0.2) is 24.9 Å². The first-order chi connectivity index (χ1) is 47.1. The summed E-state index contributed by atoms with van der Waals surface area (Å²) in [6, 6.07) is 115. The Morgan fingerprint density at radius 2 is 0.789 bits per heavy atom. The smallest absolute Gasteiger partial charge is 0.252 e. The molecule has 0 spiro atoms. The number of aromatic nitrogens is 6. The molecule has 0 N–H and O–H groups in total. The molecule has 8 nitrogen and oxygen atoms in total. The Labute approximate surface area is 552 Å². The van der Waals surface area contributed by atoms with Crippen molar-refractivity contribution >= 4 is 111 Å². The fraction of sp³-hybridized carbons (Fsp3) is 0. The van der Waals surface area contributed by atoms with Crippen LogP contribution in [0.2, 0.25) is 0 Å². The molecule has 4 aromatic heterocycles. The van der Waals surface area contributed by atoms with Crippen molar-refractivity contribution in [1.29, 1.82) is 0 Å². The Kier molecular flexibility index (Phi) is 12.7. The van der Waals surface area contributed by atoms with Crippen LogP contribution in [0.4, 0.5) is 34.1 Å². The molecule has 0 radical (unpaired) electrons. The van der Waals surface area contributed by atoms with Crippen LogP contribution in [-0.2, 0) is 0 Å². The van der Waals surface area contributed by atoms with E-state index in [9.17, 15) is 0 Å². The largest absolute Gasteiger partial charge is 0.311 e. The molecule has 0 saturated carbocycles. The standard InChI is InChI=1S/C85H53BN8S/c1-5-23-55(24-6-1)69-53-70(88-82(87-69)56-25-7-2-8-26-56)59-45-49-72(94-71-37-17-13-34-65(71)79-75(94)50-48-64-63-33-14-20-42-78(63)95-81(64)79)66(52-59)85-90-83(57-27-9-3-10-28-57)89-84(91-85)60-30-21-29-58(51-60)54-43-46-62(47-44-54)93-74-39-19-16-36-68(74)86-67-35-15-18-38-73(67)92(61-31-11-4-12-32-61)76-40-22-41-77(93)80(76)86/h1-53H. The molecule has 19 rings (SSSR count). The number of para-hydroxylation sites is 4. The second-order valence-electron chi connectivity index (χ2n) is 24.3. The molecule has 2 aliphatic rings. The quantitative estimate of drug-likeness (QED) is 0.126. The van der Waals surface area contributed by atoms with Crippen molar-refractivity contribution in [3.8, 4) is 84.9 Å². The van der Waals surface area contributed by atoms with E-state index in [4.69, 9.17) is 24.9 Å². The van der Waals surface area contributed by atoms with Gasteiger partial charge in [-0.05, 0) is 119 Å². The Hall–Kier alpha value is -12.4. The number of rotatable bonds is 10. The minimum atomic E-state index is 0.0628. The summed E-state index contributed by atoms with van der Waals surface area (Å²) in [5.74, 6) is 2.28. The summed E-state index contributed by atoms with van der Waals surface area (Å²) in [7, 11) is 0. The third-order valence-electron chi connectivity index (χ3n) is 18.9. The van der Waals surface area contributed by atoms with Crippen LogP contribution in [-0.4, -0.2) is 36.2 Å². The van der Waals surface area contributed by atoms with Crippen LogP contribution in [0.5, 0.6) is 0 Å². The summed E-state index contributed by atoms with van der Waals surface area (Å²) >= 11 is 1.85. The topological polar surface area (TPSA) is 75.9 Å². The van der Waals surface area contributed by atoms with Gasteiger partial charge in [0.1, 0.15) is 0 Å². The van der Waals surface area contributed by atoms with Gasteiger partial charge in [0.05, 0.1) is 28.1 Å². The zero-order chi connectivity index (χ0) is 62.5. The van der Waals surface area contributed by atoms with Gasteiger partial charge in [0, 0.05) is 98.4 Å². The lowest BCUT2D eigenvalue weighted by molar-refractivity contribution is 1.06. The maximum Gasteiger partial charge on any atom is 0.252 e. The fourth-order valence-corrected chi connectivity index (χ4v) is 15.8. The van der Waals surface area contributed by atoms with Gasteiger partial charge >= 0.3 is 0 Å². The molecule has 6 heterocycles. The number of hydrogen-bond donors (Lipinski definition) is 0. The van der Waals surface area contributed by atoms with E-state index in [0.29, 0.717) is 23.3 Å². The van der Waals surface area contributed by atoms with E-state index in [1.807, 2.05) is 53.8 Å². The lowest BCUT2D eigenvalue weighted by Crippen LogP contribution is -2.61. The van der Waals surface area contributed by atoms with Gasteiger partial charge in [-0.2, -0.15) is 0 Å². The van der Waals surface area contributed by atoms with Crippen LogP contribution in [0.1, 0.15) is 0 Å². The number of thiophene rings is 1. The number of nitrogens with zero attached hydrogens (tertiary/aromatic N) is 8. The molecule has 0 saturated heterocycles. The third kappa shape index (κ3) is 9.02. The van der Waals surface area contributed by atoms with E-state index in [1.165, 1.54) is 70.1 Å². The summed E-state index contributed by atoms with van der Waals surface area (Å²) in [5, 5.41) is 4.90. The van der Waals surface area contributed by atoms with Crippen molar-refractivity contribution in [3.63, 3.8) is 0 Å². The minimum Gasteiger partial charge on any atom is -0.311 e. The summed E-state index contributed by atoms with van der Waals surface area (Å²) in [6.45, 7) is 0.0628. The predicted molar refractivity (Wildman–Crippen MR) is 395 cm³/mol. The van der Waals surface area contributed by atoms with E-state index in [2.05, 4.69) is 293 Å². The summed E-state index contributed by atoms with van der Waals surface area (Å²) in [4.78, 5) is 31.9. The molecular weight excluding hydrogens is 1180 g/mol. The first kappa shape index (κ1) is 54.4. The van der Waals surface area contributed by atoms with Gasteiger partial charge in [0.2, 0.25) is 0 Å². The highest BCUT2D eigenvalue weighted by Crippen LogP contribution is 2.47. The van der Waals surface area contributed by atoms with Gasteiger partial charge in [-0.1, -0.05) is 231 Å². The Bertz CT molecular complexity index is 5820. The lowest BCUT2D eigenvalue weighted by atomic mass is 9.33. The summed E-state index contributed by atoms with van der Waals surface area (Å²) < 4.78 is 4.92. The SMILES string of the molecule is c1ccc(-c2cc(-c3ccc(-n4c5ccccc5c5c6sc7ccccc7c6ccc54)c(-c4nc(-c5ccccc5)nc(-c5cccc(-c6ccc(N7c8ccccc8B8c9ccccc9N(c9ccccc9)c9cccc7c98)cc6)c5)n4)c3)nc(-c3ccccc3)n2)cc1. The van der Waals surface area contributed by atoms with Crippen LogP contribution < -0.4 is 26.2 Å². The maximum absolute atomic E-state index is 5.61. The number of anilines is 6. The van der Waals surface area contributed by atoms with Crippen LogP contribution in [0.3, 0.4) is 0 Å². The van der Waals surface area contributed by atoms with Gasteiger partial charge < -0.3 is 14.4 Å². The molecule has 2 aliphatic heterocycles. The highest BCUT2D eigenvalue weighted by atomic mass is 32.1. The summed E-state index contributed by atoms with van der Waals surface area (Å²) in [5.41, 5.74) is 23.0. The van der Waals surface area contributed by atoms with Crippen molar-refractivity contribution in [3.05, 3.63) is 322 Å². The third-order valence-corrected chi connectivity index (χ3v) is 20.1. The Morgan fingerprint density at radius 3 is 1.48 bits per heavy atom. The van der Waals surface area contributed by atoms with E-state index in [0.717, 1.165) is 84.0 Å². The van der Waals surface area contributed by atoms with Crippen LogP contribution >= 0.6 is 11.3 Å². The molecule has 442 valence electrons. The van der Waals surface area contributed by atoms with Crippen LogP contribution in [0, 0.1) is 0 Å². The molecule has 95 heavy (non-hydrogen) atoms. The second kappa shape index (κ2) is 22.2. The first-order valence-corrected chi connectivity index (χ1v) is 32.9. The zero-order valence-electron chi connectivity index (χ0n) is 51.2. The number of hydrogen-bond acceptors (Lipinski definition) is 8. The Balaban J connectivity index is 0.771.